The van der Waals surface area contributed by atoms with Crippen LogP contribution in [0.15, 0.2) is 29.2 Å². The number of sulfonamides is 1. The zero-order chi connectivity index (χ0) is 16.7. The van der Waals surface area contributed by atoms with Crippen LogP contribution in [-0.2, 0) is 14.8 Å². The van der Waals surface area contributed by atoms with E-state index in [1.165, 1.54) is 0 Å². The normalized spacial score (nSPS) is 28.3. The van der Waals surface area contributed by atoms with Crippen molar-refractivity contribution in [3.63, 3.8) is 0 Å². The van der Waals surface area contributed by atoms with E-state index in [0.29, 0.717) is 18.0 Å². The number of nitrogens with zero attached hydrogens (tertiary/aromatic N) is 1. The van der Waals surface area contributed by atoms with Gasteiger partial charge in [0.25, 0.3) is 0 Å². The molecule has 1 saturated carbocycles. The summed E-state index contributed by atoms with van der Waals surface area (Å²) in [5, 5.41) is 2.75. The molecule has 5 nitrogen and oxygen atoms in total. The smallest absolute Gasteiger partial charge is 0.243 e. The van der Waals surface area contributed by atoms with Gasteiger partial charge >= 0.3 is 0 Å². The van der Waals surface area contributed by atoms with Crippen molar-refractivity contribution in [2.45, 2.75) is 37.5 Å². The predicted octanol–water partition coefficient (Wildman–Crippen LogP) is 1.92. The number of hydrogen-bond donors (Lipinski definition) is 1. The second kappa shape index (κ2) is 5.91. The molecule has 1 saturated heterocycles. The molecule has 1 amide bonds. The minimum absolute atomic E-state index is 0.0534. The van der Waals surface area contributed by atoms with Crippen LogP contribution in [-0.4, -0.2) is 38.8 Å². The summed E-state index contributed by atoms with van der Waals surface area (Å²) in [5.74, 6) is -0.0118. The Balaban J connectivity index is 1.88. The molecule has 1 aromatic carbocycles. The lowest BCUT2D eigenvalue weighted by Gasteiger charge is -2.30. The summed E-state index contributed by atoms with van der Waals surface area (Å²) < 4.78 is 27.5. The number of aryl methyl sites for hydroxylation is 1. The Kier molecular flexibility index (Phi) is 4.23. The lowest BCUT2D eigenvalue weighted by atomic mass is 9.76. The summed E-state index contributed by atoms with van der Waals surface area (Å²) in [6.45, 7) is 2.79. The van der Waals surface area contributed by atoms with Crippen LogP contribution < -0.4 is 5.32 Å². The van der Waals surface area contributed by atoms with Gasteiger partial charge in [-0.1, -0.05) is 24.6 Å². The zero-order valence-corrected chi connectivity index (χ0v) is 14.5. The van der Waals surface area contributed by atoms with Gasteiger partial charge in [0.05, 0.1) is 4.90 Å². The summed E-state index contributed by atoms with van der Waals surface area (Å²) in [5.41, 5.74) is 0.582. The van der Waals surface area contributed by atoms with Gasteiger partial charge < -0.3 is 5.32 Å². The van der Waals surface area contributed by atoms with Crippen LogP contribution >= 0.6 is 0 Å². The molecule has 0 bridgehead atoms. The third-order valence-electron chi connectivity index (χ3n) is 5.53. The molecule has 3 rings (SSSR count). The Labute approximate surface area is 138 Å². The van der Waals surface area contributed by atoms with Gasteiger partial charge in [-0.15, -0.1) is 0 Å². The van der Waals surface area contributed by atoms with E-state index in [1.54, 1.807) is 23.5 Å². The first-order valence-electron chi connectivity index (χ1n) is 8.18. The van der Waals surface area contributed by atoms with E-state index < -0.39 is 10.0 Å². The van der Waals surface area contributed by atoms with Crippen molar-refractivity contribution in [3.8, 4) is 0 Å². The molecule has 0 aromatic heterocycles. The number of nitrogens with one attached hydrogen (secondary N) is 1. The molecule has 1 aliphatic carbocycles. The fourth-order valence-electron chi connectivity index (χ4n) is 4.26. The molecule has 2 fully saturated rings. The van der Waals surface area contributed by atoms with Crippen LogP contribution in [0.4, 0.5) is 0 Å². The van der Waals surface area contributed by atoms with E-state index in [1.807, 2.05) is 19.1 Å². The van der Waals surface area contributed by atoms with E-state index in [0.717, 1.165) is 31.2 Å². The van der Waals surface area contributed by atoms with E-state index >= 15 is 0 Å². The number of benzene rings is 1. The van der Waals surface area contributed by atoms with Crippen molar-refractivity contribution >= 4 is 15.9 Å². The van der Waals surface area contributed by atoms with Crippen LogP contribution in [0.5, 0.6) is 0 Å². The molecule has 2 aliphatic rings. The van der Waals surface area contributed by atoms with Crippen LogP contribution in [0.1, 0.15) is 31.2 Å². The largest absolute Gasteiger partial charge is 0.359 e. The first-order valence-corrected chi connectivity index (χ1v) is 9.62. The first kappa shape index (κ1) is 16.5. The predicted molar refractivity (Wildman–Crippen MR) is 88.4 cm³/mol. The van der Waals surface area contributed by atoms with E-state index in [4.69, 9.17) is 0 Å². The molecule has 1 aliphatic heterocycles. The third-order valence-corrected chi connectivity index (χ3v) is 7.54. The molecule has 126 valence electrons. The molecule has 1 spiro atoms. The van der Waals surface area contributed by atoms with Gasteiger partial charge in [-0.05, 0) is 43.2 Å². The van der Waals surface area contributed by atoms with Gasteiger partial charge in [-0.25, -0.2) is 8.42 Å². The molecular formula is C17H24N2O3S. The fraction of sp³-hybridized carbons (Fsp3) is 0.588. The van der Waals surface area contributed by atoms with Gasteiger partial charge in [0.1, 0.15) is 0 Å². The molecule has 1 N–H and O–H groups in total. The number of hydrogen-bond acceptors (Lipinski definition) is 3. The van der Waals surface area contributed by atoms with Crippen LogP contribution in [0, 0.1) is 18.3 Å². The Morgan fingerprint density at radius 3 is 2.74 bits per heavy atom. The van der Waals surface area contributed by atoms with Gasteiger partial charge in [0, 0.05) is 26.1 Å². The molecule has 0 radical (unpaired) electrons. The van der Waals surface area contributed by atoms with Crippen molar-refractivity contribution < 1.29 is 13.2 Å². The Morgan fingerprint density at radius 2 is 2.04 bits per heavy atom. The second-order valence-electron chi connectivity index (χ2n) is 6.78. The summed E-state index contributed by atoms with van der Waals surface area (Å²) in [6, 6.07) is 7.09. The SMILES string of the molecule is CNC(=O)[C@H]1CCC[C@]12CCN(S(=O)(=O)c1ccccc1C)C2. The summed E-state index contributed by atoms with van der Waals surface area (Å²) in [6.07, 6.45) is 3.56. The average Bonchev–Trinajstić information content (AvgIpc) is 3.15. The van der Waals surface area contributed by atoms with E-state index in [-0.39, 0.29) is 17.2 Å². The topological polar surface area (TPSA) is 66.5 Å². The summed E-state index contributed by atoms with van der Waals surface area (Å²) in [7, 11) is -1.83. The van der Waals surface area contributed by atoms with Gasteiger partial charge in [-0.2, -0.15) is 4.31 Å². The minimum atomic E-state index is -3.49. The lowest BCUT2D eigenvalue weighted by Crippen LogP contribution is -2.40. The highest BCUT2D eigenvalue weighted by Gasteiger charge is 2.52. The van der Waals surface area contributed by atoms with Crippen molar-refractivity contribution in [1.29, 1.82) is 0 Å². The number of carbonyl (C=O) groups excluding carboxylic acids is 1. The van der Waals surface area contributed by atoms with Crippen molar-refractivity contribution in [3.05, 3.63) is 29.8 Å². The zero-order valence-electron chi connectivity index (χ0n) is 13.7. The Morgan fingerprint density at radius 1 is 1.30 bits per heavy atom. The first-order chi connectivity index (χ1) is 10.9. The lowest BCUT2D eigenvalue weighted by molar-refractivity contribution is -0.127. The van der Waals surface area contributed by atoms with Crippen molar-refractivity contribution in [2.24, 2.45) is 11.3 Å². The second-order valence-corrected chi connectivity index (χ2v) is 8.68. The van der Waals surface area contributed by atoms with Crippen LogP contribution in [0.3, 0.4) is 0 Å². The van der Waals surface area contributed by atoms with Crippen LogP contribution in [0.25, 0.3) is 0 Å². The molecule has 1 aromatic rings. The van der Waals surface area contributed by atoms with E-state index in [9.17, 15) is 13.2 Å². The molecule has 23 heavy (non-hydrogen) atoms. The average molecular weight is 336 g/mol. The third kappa shape index (κ3) is 2.68. The van der Waals surface area contributed by atoms with Crippen molar-refractivity contribution in [1.82, 2.24) is 9.62 Å². The van der Waals surface area contributed by atoms with E-state index in [2.05, 4.69) is 5.32 Å². The molecule has 1 heterocycles. The van der Waals surface area contributed by atoms with Crippen molar-refractivity contribution in [2.75, 3.05) is 20.1 Å². The standard InChI is InChI=1S/C17H24N2O3S/c1-13-6-3-4-8-15(13)23(21,22)19-11-10-17(12-19)9-5-7-14(17)16(20)18-2/h3-4,6,8,14H,5,7,9-12H2,1-2H3,(H,18,20)/t14-,17-/m1/s1. The van der Waals surface area contributed by atoms with Gasteiger partial charge in [0.15, 0.2) is 0 Å². The quantitative estimate of drug-likeness (QED) is 0.917. The maximum Gasteiger partial charge on any atom is 0.243 e. The highest BCUT2D eigenvalue weighted by molar-refractivity contribution is 7.89. The monoisotopic (exact) mass is 336 g/mol. The minimum Gasteiger partial charge on any atom is -0.359 e. The maximum atomic E-state index is 13.0. The summed E-state index contributed by atoms with van der Waals surface area (Å²) in [4.78, 5) is 12.6. The Hall–Kier alpha value is -1.40. The van der Waals surface area contributed by atoms with Crippen LogP contribution in [0.2, 0.25) is 0 Å². The summed E-state index contributed by atoms with van der Waals surface area (Å²) >= 11 is 0. The maximum absolute atomic E-state index is 13.0. The fourth-order valence-corrected chi connectivity index (χ4v) is 6.02. The number of carbonyl (C=O) groups is 1. The number of amides is 1. The molecule has 0 unspecified atom stereocenters. The number of rotatable bonds is 3. The highest BCUT2D eigenvalue weighted by Crippen LogP contribution is 2.50. The molecule has 2 atom stereocenters. The molecule has 6 heteroatoms. The Bertz CT molecular complexity index is 716. The highest BCUT2D eigenvalue weighted by atomic mass is 32.2. The van der Waals surface area contributed by atoms with Gasteiger partial charge in [0.2, 0.25) is 15.9 Å². The van der Waals surface area contributed by atoms with Gasteiger partial charge in [-0.3, -0.25) is 4.79 Å². The molecular weight excluding hydrogens is 312 g/mol.